The fraction of sp³-hybridized carbons (Fsp3) is 0.714. The van der Waals surface area contributed by atoms with Gasteiger partial charge in [-0.25, -0.2) is 0 Å². The highest BCUT2D eigenvalue weighted by Crippen LogP contribution is 2.45. The van der Waals surface area contributed by atoms with Crippen molar-refractivity contribution < 1.29 is 0 Å². The average molecular weight is 192 g/mol. The minimum Gasteiger partial charge on any atom is -0.163 e. The van der Waals surface area contributed by atoms with E-state index in [1.807, 2.05) is 35.3 Å². The van der Waals surface area contributed by atoms with Gasteiger partial charge in [0.05, 0.1) is 4.58 Å². The van der Waals surface area contributed by atoms with Gasteiger partial charge in [0, 0.05) is 5.75 Å². The lowest BCUT2D eigenvalue weighted by atomic mass is 10.6. The highest BCUT2D eigenvalue weighted by molar-refractivity contribution is 8.24. The normalized spacial score (nSPS) is 20.7. The summed E-state index contributed by atoms with van der Waals surface area (Å²) in [6, 6.07) is 0. The maximum atomic E-state index is 2.22. The van der Waals surface area contributed by atoms with Crippen LogP contribution in [0.4, 0.5) is 0 Å². The van der Waals surface area contributed by atoms with Gasteiger partial charge >= 0.3 is 0 Å². The van der Waals surface area contributed by atoms with Gasteiger partial charge in [-0.2, -0.15) is 11.8 Å². The minimum atomic E-state index is 0.787. The molecule has 0 aromatic carbocycles. The molecular weight excluding hydrogens is 180 g/mol. The number of allylic oxidation sites excluding steroid dienone is 2. The molecule has 0 radical (unpaired) electrons. The molecule has 0 fully saturated rings. The average Bonchev–Trinajstić information content (AvgIpc) is 2.14. The third-order valence-corrected chi connectivity index (χ3v) is 5.39. The molecule has 0 unspecified atom stereocenters. The van der Waals surface area contributed by atoms with E-state index >= 15 is 0 Å². The molecule has 58 valence electrons. The van der Waals surface area contributed by atoms with Gasteiger partial charge in [0.1, 0.15) is 0 Å². The van der Waals surface area contributed by atoms with Gasteiger partial charge in [-0.15, -0.1) is 23.5 Å². The molecule has 0 nitrogen and oxygen atoms in total. The van der Waals surface area contributed by atoms with E-state index in [1.54, 1.807) is 0 Å². The highest BCUT2D eigenvalue weighted by atomic mass is 32.2. The third-order valence-electron chi connectivity index (χ3n) is 1.41. The molecule has 0 aliphatic carbocycles. The molecule has 3 heteroatoms. The van der Waals surface area contributed by atoms with E-state index < -0.39 is 0 Å². The Labute approximate surface area is 75.6 Å². The lowest BCUT2D eigenvalue weighted by molar-refractivity contribution is 1.46. The highest BCUT2D eigenvalue weighted by Gasteiger charge is 2.19. The fourth-order valence-corrected chi connectivity index (χ4v) is 4.89. The SMILES string of the molecule is CSCC1SC(C)=C(C)S1. The summed E-state index contributed by atoms with van der Waals surface area (Å²) >= 11 is 5.97. The zero-order valence-electron chi connectivity index (χ0n) is 6.51. The number of thioether (sulfide) groups is 3. The molecule has 0 N–H and O–H groups in total. The zero-order valence-corrected chi connectivity index (χ0v) is 8.96. The van der Waals surface area contributed by atoms with Crippen LogP contribution in [0.1, 0.15) is 13.8 Å². The van der Waals surface area contributed by atoms with Crippen LogP contribution in [0.5, 0.6) is 0 Å². The van der Waals surface area contributed by atoms with E-state index in [-0.39, 0.29) is 0 Å². The first-order valence-corrected chi connectivity index (χ1v) is 6.39. The quantitative estimate of drug-likeness (QED) is 0.658. The van der Waals surface area contributed by atoms with Crippen molar-refractivity contribution in [3.63, 3.8) is 0 Å². The van der Waals surface area contributed by atoms with Crippen molar-refractivity contribution in [3.05, 3.63) is 9.81 Å². The minimum absolute atomic E-state index is 0.787. The van der Waals surface area contributed by atoms with Gasteiger partial charge in [0.15, 0.2) is 0 Å². The Balaban J connectivity index is 2.36. The first-order chi connectivity index (χ1) is 4.74. The van der Waals surface area contributed by atoms with E-state index in [0.29, 0.717) is 0 Å². The van der Waals surface area contributed by atoms with Gasteiger partial charge in [-0.1, -0.05) is 0 Å². The molecule has 0 spiro atoms. The summed E-state index contributed by atoms with van der Waals surface area (Å²) in [6.45, 7) is 4.43. The Bertz CT molecular complexity index is 137. The molecule has 1 aliphatic heterocycles. The maximum absolute atomic E-state index is 2.22. The Morgan fingerprint density at radius 3 is 2.20 bits per heavy atom. The zero-order chi connectivity index (χ0) is 7.56. The molecule has 1 rings (SSSR count). The van der Waals surface area contributed by atoms with Gasteiger partial charge in [-0.3, -0.25) is 0 Å². The first kappa shape index (κ1) is 8.88. The van der Waals surface area contributed by atoms with Crippen molar-refractivity contribution in [2.75, 3.05) is 12.0 Å². The lowest BCUT2D eigenvalue weighted by Crippen LogP contribution is -1.94. The number of hydrogen-bond donors (Lipinski definition) is 0. The summed E-state index contributed by atoms with van der Waals surface area (Å²) in [5, 5.41) is 0. The van der Waals surface area contributed by atoms with Crippen molar-refractivity contribution in [2.24, 2.45) is 0 Å². The molecule has 10 heavy (non-hydrogen) atoms. The molecule has 0 aromatic rings. The van der Waals surface area contributed by atoms with E-state index in [1.165, 1.54) is 15.6 Å². The van der Waals surface area contributed by atoms with Crippen molar-refractivity contribution in [1.82, 2.24) is 0 Å². The van der Waals surface area contributed by atoms with Crippen LogP contribution >= 0.6 is 35.3 Å². The van der Waals surface area contributed by atoms with Crippen LogP contribution in [-0.4, -0.2) is 16.6 Å². The second-order valence-electron chi connectivity index (χ2n) is 2.23. The molecule has 1 heterocycles. The topological polar surface area (TPSA) is 0 Å². The molecule has 0 atom stereocenters. The maximum Gasteiger partial charge on any atom is 0.0680 e. The van der Waals surface area contributed by atoms with Crippen molar-refractivity contribution in [1.29, 1.82) is 0 Å². The standard InChI is InChI=1S/C7H12S3/c1-5-6(2)10-7(9-5)4-8-3/h7H,4H2,1-3H3. The number of hydrogen-bond acceptors (Lipinski definition) is 3. The molecular formula is C7H12S3. The van der Waals surface area contributed by atoms with Crippen LogP contribution in [0.15, 0.2) is 9.81 Å². The summed E-state index contributed by atoms with van der Waals surface area (Å²) in [4.78, 5) is 3.04. The van der Waals surface area contributed by atoms with Crippen LogP contribution < -0.4 is 0 Å². The van der Waals surface area contributed by atoms with Gasteiger partial charge in [-0.05, 0) is 29.9 Å². The van der Waals surface area contributed by atoms with E-state index in [9.17, 15) is 0 Å². The van der Waals surface area contributed by atoms with Crippen molar-refractivity contribution in [2.45, 2.75) is 18.4 Å². The summed E-state index contributed by atoms with van der Waals surface area (Å²) in [5.41, 5.74) is 0. The largest absolute Gasteiger partial charge is 0.163 e. The van der Waals surface area contributed by atoms with Gasteiger partial charge in [0.25, 0.3) is 0 Å². The summed E-state index contributed by atoms with van der Waals surface area (Å²) < 4.78 is 0.787. The van der Waals surface area contributed by atoms with Crippen LogP contribution in [0.2, 0.25) is 0 Å². The summed E-state index contributed by atoms with van der Waals surface area (Å²) in [6.07, 6.45) is 2.17. The van der Waals surface area contributed by atoms with E-state index in [0.717, 1.165) is 4.58 Å². The molecule has 0 amide bonds. The predicted octanol–water partition coefficient (Wildman–Crippen LogP) is 3.41. The second-order valence-corrected chi connectivity index (χ2v) is 6.28. The molecule has 0 saturated carbocycles. The summed E-state index contributed by atoms with van der Waals surface area (Å²) in [7, 11) is 0. The van der Waals surface area contributed by atoms with Crippen LogP contribution in [0, 0.1) is 0 Å². The van der Waals surface area contributed by atoms with Crippen LogP contribution in [-0.2, 0) is 0 Å². The molecule has 0 bridgehead atoms. The first-order valence-electron chi connectivity index (χ1n) is 3.23. The molecule has 0 saturated heterocycles. The van der Waals surface area contributed by atoms with Crippen molar-refractivity contribution >= 4 is 35.3 Å². The molecule has 0 aromatic heterocycles. The Morgan fingerprint density at radius 1 is 1.30 bits per heavy atom. The van der Waals surface area contributed by atoms with Gasteiger partial charge < -0.3 is 0 Å². The fourth-order valence-electron chi connectivity index (χ4n) is 0.788. The van der Waals surface area contributed by atoms with Crippen molar-refractivity contribution in [3.8, 4) is 0 Å². The Kier molecular flexibility index (Phi) is 3.53. The third kappa shape index (κ3) is 2.14. The van der Waals surface area contributed by atoms with E-state index in [2.05, 4.69) is 20.1 Å². The lowest BCUT2D eigenvalue weighted by Gasteiger charge is -2.04. The molecule has 1 aliphatic rings. The number of rotatable bonds is 2. The van der Waals surface area contributed by atoms with Gasteiger partial charge in [0.2, 0.25) is 0 Å². The van der Waals surface area contributed by atoms with Crippen LogP contribution in [0.3, 0.4) is 0 Å². The van der Waals surface area contributed by atoms with E-state index in [4.69, 9.17) is 0 Å². The monoisotopic (exact) mass is 192 g/mol. The second kappa shape index (κ2) is 3.98. The summed E-state index contributed by atoms with van der Waals surface area (Å²) in [5.74, 6) is 1.27. The Morgan fingerprint density at radius 2 is 1.80 bits per heavy atom. The van der Waals surface area contributed by atoms with Crippen LogP contribution in [0.25, 0.3) is 0 Å². The smallest absolute Gasteiger partial charge is 0.0680 e. The predicted molar refractivity (Wildman–Crippen MR) is 55.7 cm³/mol. The Hall–Kier alpha value is 0.790.